The summed E-state index contributed by atoms with van der Waals surface area (Å²) in [5.74, 6) is 0.926. The lowest BCUT2D eigenvalue weighted by molar-refractivity contribution is 0.102. The fraction of sp³-hybridized carbons (Fsp3) is 0.167. The van der Waals surface area contributed by atoms with E-state index in [4.69, 9.17) is 14.2 Å². The number of aromatic nitrogens is 3. The molecular weight excluding hydrogens is 336 g/mol. The predicted molar refractivity (Wildman–Crippen MR) is 95.4 cm³/mol. The van der Waals surface area contributed by atoms with Crippen molar-refractivity contribution < 1.29 is 19.0 Å². The summed E-state index contributed by atoms with van der Waals surface area (Å²) in [4.78, 5) is 13.9. The number of nitrogens with zero attached hydrogens (tertiary/aromatic N) is 3. The molecule has 0 fully saturated rings. The fourth-order valence-corrected chi connectivity index (χ4v) is 2.40. The van der Waals surface area contributed by atoms with Crippen molar-refractivity contribution in [2.24, 2.45) is 0 Å². The topological polar surface area (TPSA) is 87.5 Å². The molecule has 0 spiro atoms. The van der Waals surface area contributed by atoms with Gasteiger partial charge < -0.3 is 19.5 Å². The van der Waals surface area contributed by atoms with Gasteiger partial charge in [0.05, 0.1) is 33.2 Å². The number of amides is 1. The van der Waals surface area contributed by atoms with Crippen LogP contribution in [0.2, 0.25) is 0 Å². The first kappa shape index (κ1) is 17.3. The van der Waals surface area contributed by atoms with Crippen molar-refractivity contribution in [3.05, 3.63) is 54.4 Å². The summed E-state index contributed by atoms with van der Waals surface area (Å²) in [5.41, 5.74) is 1.43. The predicted octanol–water partition coefficient (Wildman–Crippen LogP) is 2.55. The molecule has 0 radical (unpaired) electrons. The number of hydrogen-bond donors (Lipinski definition) is 1. The summed E-state index contributed by atoms with van der Waals surface area (Å²) in [7, 11) is 4.53. The molecule has 1 heterocycles. The maximum atomic E-state index is 12.5. The van der Waals surface area contributed by atoms with Gasteiger partial charge in [0.2, 0.25) is 5.75 Å². The molecule has 0 aliphatic rings. The largest absolute Gasteiger partial charge is 0.493 e. The standard InChI is InChI=1S/C18H18N4O4/c1-24-15-9-12(10-16(25-2)17(15)26-3)20-18(23)14-11-19-22(21-14)13-7-5-4-6-8-13/h4-11H,1-3H3,(H,20,23). The van der Waals surface area contributed by atoms with E-state index in [1.54, 1.807) is 12.1 Å². The minimum absolute atomic E-state index is 0.183. The molecule has 26 heavy (non-hydrogen) atoms. The highest BCUT2D eigenvalue weighted by molar-refractivity contribution is 6.03. The summed E-state index contributed by atoms with van der Waals surface area (Å²) >= 11 is 0. The molecule has 8 nitrogen and oxygen atoms in total. The Morgan fingerprint density at radius 3 is 2.23 bits per heavy atom. The second kappa shape index (κ2) is 7.56. The third kappa shape index (κ3) is 3.44. The van der Waals surface area contributed by atoms with Crippen LogP contribution in [0.3, 0.4) is 0 Å². The molecule has 1 N–H and O–H groups in total. The molecule has 0 saturated carbocycles. The molecule has 0 aliphatic carbocycles. The van der Waals surface area contributed by atoms with Crippen molar-refractivity contribution in [1.29, 1.82) is 0 Å². The molecule has 0 bridgehead atoms. The molecule has 0 saturated heterocycles. The number of methoxy groups -OCH3 is 3. The average molecular weight is 354 g/mol. The fourth-order valence-electron chi connectivity index (χ4n) is 2.40. The van der Waals surface area contributed by atoms with Crippen molar-refractivity contribution >= 4 is 11.6 Å². The quantitative estimate of drug-likeness (QED) is 0.732. The van der Waals surface area contributed by atoms with Crippen molar-refractivity contribution in [3.63, 3.8) is 0 Å². The van der Waals surface area contributed by atoms with Crippen LogP contribution in [0.25, 0.3) is 5.69 Å². The maximum Gasteiger partial charge on any atom is 0.277 e. The molecule has 2 aromatic carbocycles. The first-order chi connectivity index (χ1) is 12.7. The summed E-state index contributed by atoms with van der Waals surface area (Å²) in [6.45, 7) is 0. The van der Waals surface area contributed by atoms with Gasteiger partial charge >= 0.3 is 0 Å². The zero-order chi connectivity index (χ0) is 18.5. The molecule has 1 amide bonds. The molecule has 0 unspecified atom stereocenters. The van der Waals surface area contributed by atoms with Crippen LogP contribution >= 0.6 is 0 Å². The van der Waals surface area contributed by atoms with Crippen LogP contribution in [-0.4, -0.2) is 42.2 Å². The smallest absolute Gasteiger partial charge is 0.277 e. The van der Waals surface area contributed by atoms with Gasteiger partial charge in [0.25, 0.3) is 5.91 Å². The number of carbonyl (C=O) groups is 1. The third-order valence-electron chi connectivity index (χ3n) is 3.63. The Bertz CT molecular complexity index is 884. The van der Waals surface area contributed by atoms with Crippen LogP contribution in [0.1, 0.15) is 10.5 Å². The Kier molecular flexibility index (Phi) is 5.02. The number of nitrogens with one attached hydrogen (secondary N) is 1. The number of para-hydroxylation sites is 1. The summed E-state index contributed by atoms with van der Waals surface area (Å²) < 4.78 is 15.8. The number of anilines is 1. The highest BCUT2D eigenvalue weighted by atomic mass is 16.5. The van der Waals surface area contributed by atoms with Crippen molar-refractivity contribution in [2.75, 3.05) is 26.6 Å². The third-order valence-corrected chi connectivity index (χ3v) is 3.63. The maximum absolute atomic E-state index is 12.5. The Morgan fingerprint density at radius 1 is 1.00 bits per heavy atom. The average Bonchev–Trinajstić information content (AvgIpc) is 3.18. The molecule has 134 valence electrons. The molecule has 3 rings (SSSR count). The second-order valence-corrected chi connectivity index (χ2v) is 5.22. The normalized spacial score (nSPS) is 10.3. The van der Waals surface area contributed by atoms with Crippen LogP contribution in [-0.2, 0) is 0 Å². The van der Waals surface area contributed by atoms with E-state index in [0.29, 0.717) is 22.9 Å². The first-order valence-electron chi connectivity index (χ1n) is 7.75. The van der Waals surface area contributed by atoms with E-state index in [1.807, 2.05) is 30.3 Å². The van der Waals surface area contributed by atoms with E-state index >= 15 is 0 Å². The molecule has 1 aromatic heterocycles. The Labute approximate surface area is 150 Å². The lowest BCUT2D eigenvalue weighted by Crippen LogP contribution is -2.13. The van der Waals surface area contributed by atoms with Gasteiger partial charge in [0, 0.05) is 17.8 Å². The zero-order valence-corrected chi connectivity index (χ0v) is 14.6. The van der Waals surface area contributed by atoms with Crippen molar-refractivity contribution in [2.45, 2.75) is 0 Å². The monoisotopic (exact) mass is 354 g/mol. The molecule has 8 heteroatoms. The first-order valence-corrected chi connectivity index (χ1v) is 7.75. The number of carbonyl (C=O) groups excluding carboxylic acids is 1. The van der Waals surface area contributed by atoms with Crippen LogP contribution in [0, 0.1) is 0 Å². The van der Waals surface area contributed by atoms with Crippen LogP contribution in [0.5, 0.6) is 17.2 Å². The number of ether oxygens (including phenoxy) is 3. The van der Waals surface area contributed by atoms with E-state index in [-0.39, 0.29) is 5.69 Å². The van der Waals surface area contributed by atoms with Gasteiger partial charge in [-0.3, -0.25) is 4.79 Å². The zero-order valence-electron chi connectivity index (χ0n) is 14.6. The summed E-state index contributed by atoms with van der Waals surface area (Å²) in [6, 6.07) is 12.6. The lowest BCUT2D eigenvalue weighted by atomic mass is 10.2. The van der Waals surface area contributed by atoms with Gasteiger partial charge in [-0.05, 0) is 12.1 Å². The highest BCUT2D eigenvalue weighted by Gasteiger charge is 2.17. The van der Waals surface area contributed by atoms with Crippen LogP contribution < -0.4 is 19.5 Å². The number of benzene rings is 2. The summed E-state index contributed by atoms with van der Waals surface area (Å²) in [5, 5.41) is 11.1. The minimum atomic E-state index is -0.401. The Balaban J connectivity index is 1.83. The molecule has 3 aromatic rings. The number of rotatable bonds is 6. The van der Waals surface area contributed by atoms with Crippen LogP contribution in [0.4, 0.5) is 5.69 Å². The molecule has 0 aliphatic heterocycles. The minimum Gasteiger partial charge on any atom is -0.493 e. The van der Waals surface area contributed by atoms with Crippen LogP contribution in [0.15, 0.2) is 48.7 Å². The summed E-state index contributed by atoms with van der Waals surface area (Å²) in [6.07, 6.45) is 1.40. The van der Waals surface area contributed by atoms with Gasteiger partial charge in [-0.2, -0.15) is 9.90 Å². The van der Waals surface area contributed by atoms with Crippen molar-refractivity contribution in [1.82, 2.24) is 15.0 Å². The van der Waals surface area contributed by atoms with E-state index in [2.05, 4.69) is 15.5 Å². The number of hydrogen-bond acceptors (Lipinski definition) is 6. The van der Waals surface area contributed by atoms with Gasteiger partial charge in [0.15, 0.2) is 17.2 Å². The van der Waals surface area contributed by atoms with E-state index in [0.717, 1.165) is 5.69 Å². The van der Waals surface area contributed by atoms with Gasteiger partial charge in [0.1, 0.15) is 0 Å². The van der Waals surface area contributed by atoms with E-state index < -0.39 is 5.91 Å². The van der Waals surface area contributed by atoms with E-state index in [9.17, 15) is 4.79 Å². The van der Waals surface area contributed by atoms with Gasteiger partial charge in [-0.15, -0.1) is 5.10 Å². The molecule has 0 atom stereocenters. The SMILES string of the molecule is COc1cc(NC(=O)c2cnn(-c3ccccc3)n2)cc(OC)c1OC. The Morgan fingerprint density at radius 2 is 1.65 bits per heavy atom. The molecular formula is C18H18N4O4. The van der Waals surface area contributed by atoms with Crippen molar-refractivity contribution in [3.8, 4) is 22.9 Å². The Hall–Kier alpha value is -3.55. The highest BCUT2D eigenvalue weighted by Crippen LogP contribution is 2.39. The van der Waals surface area contributed by atoms with E-state index in [1.165, 1.54) is 32.3 Å². The van der Waals surface area contributed by atoms with Gasteiger partial charge in [-0.25, -0.2) is 0 Å². The second-order valence-electron chi connectivity index (χ2n) is 5.22. The van der Waals surface area contributed by atoms with Gasteiger partial charge in [-0.1, -0.05) is 18.2 Å². The lowest BCUT2D eigenvalue weighted by Gasteiger charge is -2.14.